The van der Waals surface area contributed by atoms with E-state index in [9.17, 15) is 15.3 Å². The Morgan fingerprint density at radius 3 is 2.42 bits per heavy atom. The molecular weight excluding hydrogens is 353 g/mol. The third-order valence-corrected chi connectivity index (χ3v) is 5.91. The lowest BCUT2D eigenvalue weighted by Gasteiger charge is -2.34. The number of imidazole rings is 1. The first kappa shape index (κ1) is 16.4. The lowest BCUT2D eigenvalue weighted by Crippen LogP contribution is -2.40. The molecule has 0 spiro atoms. The molecule has 24 heavy (non-hydrogen) atoms. The molecule has 3 N–H and O–H groups in total. The van der Waals surface area contributed by atoms with E-state index < -0.39 is 12.2 Å². The van der Waals surface area contributed by atoms with Gasteiger partial charge in [-0.05, 0) is 25.0 Å². The Morgan fingerprint density at radius 2 is 1.83 bits per heavy atom. The lowest BCUT2D eigenvalue weighted by atomic mass is 10.1. The smallest absolute Gasteiger partial charge is 0.206 e. The summed E-state index contributed by atoms with van der Waals surface area (Å²) < 4.78 is 1.94. The van der Waals surface area contributed by atoms with Gasteiger partial charge in [0.05, 0.1) is 33.2 Å². The molecule has 1 aliphatic heterocycles. The second kappa shape index (κ2) is 6.04. The highest BCUT2D eigenvalue weighted by Crippen LogP contribution is 2.41. The Bertz CT molecular complexity index is 778. The fraction of sp³-hybridized carbons (Fsp3) is 0.562. The monoisotopic (exact) mass is 371 g/mol. The van der Waals surface area contributed by atoms with E-state index in [1.54, 1.807) is 12.1 Å². The van der Waals surface area contributed by atoms with Crippen molar-refractivity contribution in [2.45, 2.75) is 31.1 Å². The lowest BCUT2D eigenvalue weighted by molar-refractivity contribution is -0.00354. The summed E-state index contributed by atoms with van der Waals surface area (Å²) in [4.78, 5) is 6.81. The molecule has 4 rings (SSSR count). The molecule has 1 saturated heterocycles. The quantitative estimate of drug-likeness (QED) is 0.766. The van der Waals surface area contributed by atoms with Crippen LogP contribution in [0.1, 0.15) is 18.9 Å². The van der Waals surface area contributed by atoms with E-state index in [1.165, 1.54) is 0 Å². The van der Waals surface area contributed by atoms with Crippen molar-refractivity contribution in [2.75, 3.05) is 24.6 Å². The predicted molar refractivity (Wildman–Crippen MR) is 92.8 cm³/mol. The van der Waals surface area contributed by atoms with Crippen LogP contribution in [0.3, 0.4) is 0 Å². The molecule has 1 aliphatic carbocycles. The highest BCUT2D eigenvalue weighted by molar-refractivity contribution is 6.42. The molecule has 1 saturated carbocycles. The Balaban J connectivity index is 1.87. The third-order valence-electron chi connectivity index (χ3n) is 5.19. The maximum Gasteiger partial charge on any atom is 0.206 e. The van der Waals surface area contributed by atoms with Crippen molar-refractivity contribution in [2.24, 2.45) is 5.92 Å². The first-order chi connectivity index (χ1) is 11.5. The number of hydrogen-bond acceptors (Lipinski definition) is 5. The highest BCUT2D eigenvalue weighted by atomic mass is 35.5. The molecule has 2 heterocycles. The fourth-order valence-electron chi connectivity index (χ4n) is 3.68. The molecule has 2 aliphatic rings. The summed E-state index contributed by atoms with van der Waals surface area (Å²) in [5.41, 5.74) is 1.49. The molecule has 6 nitrogen and oxygen atoms in total. The van der Waals surface area contributed by atoms with Gasteiger partial charge in [-0.3, -0.25) is 0 Å². The number of aliphatic hydroxyl groups excluding tert-OH is 3. The van der Waals surface area contributed by atoms with Crippen LogP contribution in [0.5, 0.6) is 0 Å². The average Bonchev–Trinajstić information content (AvgIpc) is 2.97. The minimum Gasteiger partial charge on any atom is -0.396 e. The third kappa shape index (κ3) is 2.40. The van der Waals surface area contributed by atoms with E-state index in [0.29, 0.717) is 22.0 Å². The number of nitrogens with zero attached hydrogens (tertiary/aromatic N) is 3. The summed E-state index contributed by atoms with van der Waals surface area (Å²) in [7, 11) is 0. The van der Waals surface area contributed by atoms with E-state index in [2.05, 4.69) is 9.88 Å². The maximum atomic E-state index is 10.5. The molecule has 130 valence electrons. The van der Waals surface area contributed by atoms with Gasteiger partial charge in [-0.25, -0.2) is 4.98 Å². The van der Waals surface area contributed by atoms with Gasteiger partial charge in [0.2, 0.25) is 5.95 Å². The molecule has 1 aromatic carbocycles. The standard InChI is InChI=1S/C16H19Cl2N3O3/c17-9-5-11-12(6-10(9)18)21(16(19-11)20-2-1-3-20)13-4-8(7-22)14(23)15(13)24/h5-6,8,13-15,22-24H,1-4,7H2/t8-,13-,14-,15+/m0/s1. The zero-order valence-corrected chi connectivity index (χ0v) is 14.5. The van der Waals surface area contributed by atoms with Gasteiger partial charge in [0.25, 0.3) is 0 Å². The summed E-state index contributed by atoms with van der Waals surface area (Å²) in [5, 5.41) is 31.0. The van der Waals surface area contributed by atoms with E-state index in [1.807, 2.05) is 4.57 Å². The van der Waals surface area contributed by atoms with Gasteiger partial charge in [-0.15, -0.1) is 0 Å². The van der Waals surface area contributed by atoms with Crippen LogP contribution in [-0.2, 0) is 0 Å². The molecule has 0 amide bonds. The van der Waals surface area contributed by atoms with Gasteiger partial charge in [0.15, 0.2) is 0 Å². The van der Waals surface area contributed by atoms with Crippen molar-refractivity contribution in [1.82, 2.24) is 9.55 Å². The summed E-state index contributed by atoms with van der Waals surface area (Å²) >= 11 is 12.3. The number of hydrogen-bond donors (Lipinski definition) is 3. The normalized spacial score (nSPS) is 30.1. The number of fused-ring (bicyclic) bond motifs is 1. The molecule has 4 atom stereocenters. The number of aliphatic hydroxyl groups is 3. The van der Waals surface area contributed by atoms with Crippen LogP contribution < -0.4 is 4.90 Å². The second-order valence-corrected chi connectivity index (χ2v) is 7.42. The largest absolute Gasteiger partial charge is 0.396 e. The minimum atomic E-state index is -0.964. The number of rotatable bonds is 3. The van der Waals surface area contributed by atoms with Gasteiger partial charge in [-0.1, -0.05) is 23.2 Å². The summed E-state index contributed by atoms with van der Waals surface area (Å²) in [5.74, 6) is 0.402. The number of halogens is 2. The first-order valence-electron chi connectivity index (χ1n) is 8.10. The van der Waals surface area contributed by atoms with Crippen molar-refractivity contribution in [1.29, 1.82) is 0 Å². The number of anilines is 1. The van der Waals surface area contributed by atoms with Gasteiger partial charge in [0.1, 0.15) is 6.10 Å². The first-order valence-corrected chi connectivity index (χ1v) is 8.85. The van der Waals surface area contributed by atoms with E-state index in [-0.39, 0.29) is 18.6 Å². The molecule has 1 aromatic heterocycles. The Labute approximate surface area is 149 Å². The van der Waals surface area contributed by atoms with E-state index >= 15 is 0 Å². The molecule has 8 heteroatoms. The van der Waals surface area contributed by atoms with Crippen LogP contribution in [0.4, 0.5) is 5.95 Å². The van der Waals surface area contributed by atoms with Crippen molar-refractivity contribution < 1.29 is 15.3 Å². The zero-order valence-electron chi connectivity index (χ0n) is 12.9. The van der Waals surface area contributed by atoms with Gasteiger partial charge < -0.3 is 24.8 Å². The van der Waals surface area contributed by atoms with Crippen LogP contribution in [0.15, 0.2) is 12.1 Å². The Morgan fingerprint density at radius 1 is 1.12 bits per heavy atom. The maximum absolute atomic E-state index is 10.5. The van der Waals surface area contributed by atoms with Crippen molar-refractivity contribution in [3.8, 4) is 0 Å². The molecular formula is C16H19Cl2N3O3. The topological polar surface area (TPSA) is 81.8 Å². The Kier molecular flexibility index (Phi) is 4.13. The van der Waals surface area contributed by atoms with Crippen LogP contribution in [0.25, 0.3) is 11.0 Å². The molecule has 0 bridgehead atoms. The number of benzene rings is 1. The molecule has 0 radical (unpaired) electrons. The van der Waals surface area contributed by atoms with Gasteiger partial charge in [-0.2, -0.15) is 0 Å². The van der Waals surface area contributed by atoms with Crippen molar-refractivity contribution in [3.05, 3.63) is 22.2 Å². The zero-order chi connectivity index (χ0) is 17.0. The average molecular weight is 372 g/mol. The van der Waals surface area contributed by atoms with Gasteiger partial charge >= 0.3 is 0 Å². The second-order valence-electron chi connectivity index (χ2n) is 6.60. The molecule has 2 fully saturated rings. The summed E-state index contributed by atoms with van der Waals surface area (Å²) in [6.45, 7) is 1.64. The summed E-state index contributed by atoms with van der Waals surface area (Å²) in [6.07, 6.45) is -0.343. The number of aromatic nitrogens is 2. The van der Waals surface area contributed by atoms with Gasteiger partial charge in [0, 0.05) is 25.6 Å². The van der Waals surface area contributed by atoms with Crippen molar-refractivity contribution >= 4 is 40.2 Å². The van der Waals surface area contributed by atoms with Crippen LogP contribution in [-0.4, -0.2) is 56.8 Å². The van der Waals surface area contributed by atoms with E-state index in [0.717, 1.165) is 31.0 Å². The van der Waals surface area contributed by atoms with Crippen LogP contribution in [0, 0.1) is 5.92 Å². The SMILES string of the molecule is OC[C@@H]1C[C@H](n2c(N3CCC3)nc3cc(Cl)c(Cl)cc32)[C@@H](O)[C@H]1O. The fourth-order valence-corrected chi connectivity index (χ4v) is 4.00. The molecule has 2 aromatic rings. The Hall–Kier alpha value is -1.05. The highest BCUT2D eigenvalue weighted by Gasteiger charge is 2.44. The van der Waals surface area contributed by atoms with Crippen LogP contribution >= 0.6 is 23.2 Å². The van der Waals surface area contributed by atoms with Crippen LogP contribution in [0.2, 0.25) is 10.0 Å². The predicted octanol–water partition coefficient (Wildman–Crippen LogP) is 1.83. The molecule has 0 unspecified atom stereocenters. The summed E-state index contributed by atoms with van der Waals surface area (Å²) in [6, 6.07) is 3.11. The van der Waals surface area contributed by atoms with Crippen molar-refractivity contribution in [3.63, 3.8) is 0 Å². The van der Waals surface area contributed by atoms with E-state index in [4.69, 9.17) is 23.2 Å². The minimum absolute atomic E-state index is 0.160.